The smallest absolute Gasteiger partial charge is 0.416 e. The quantitative estimate of drug-likeness (QED) is 0.251. The van der Waals surface area contributed by atoms with Crippen LogP contribution in [-0.4, -0.2) is 34.7 Å². The highest BCUT2D eigenvalue weighted by molar-refractivity contribution is 14.0. The highest BCUT2D eigenvalue weighted by Crippen LogP contribution is 2.30. The van der Waals surface area contributed by atoms with Crippen LogP contribution in [0.15, 0.2) is 52.1 Å². The maximum Gasteiger partial charge on any atom is 0.416 e. The summed E-state index contributed by atoms with van der Waals surface area (Å²) < 4.78 is 44.0. The van der Waals surface area contributed by atoms with Crippen molar-refractivity contribution >= 4 is 29.9 Å². The number of rotatable bonds is 6. The van der Waals surface area contributed by atoms with Crippen molar-refractivity contribution in [3.63, 3.8) is 0 Å². The number of benzene rings is 1. The van der Waals surface area contributed by atoms with Gasteiger partial charge in [0.25, 0.3) is 0 Å². The molecule has 2 heterocycles. The van der Waals surface area contributed by atoms with Crippen LogP contribution < -0.4 is 10.6 Å². The zero-order chi connectivity index (χ0) is 20.9. The summed E-state index contributed by atoms with van der Waals surface area (Å²) in [5.41, 5.74) is -0.162. The van der Waals surface area contributed by atoms with E-state index in [0.717, 1.165) is 12.1 Å². The van der Waals surface area contributed by atoms with Crippen LogP contribution in [-0.2, 0) is 12.6 Å². The number of aromatic amines is 1. The van der Waals surface area contributed by atoms with E-state index in [1.165, 1.54) is 6.07 Å². The Hall–Kier alpha value is -2.57. The first-order valence-electron chi connectivity index (χ1n) is 8.96. The highest BCUT2D eigenvalue weighted by Gasteiger charge is 2.30. The fourth-order valence-corrected chi connectivity index (χ4v) is 2.69. The van der Waals surface area contributed by atoms with Crippen molar-refractivity contribution in [1.82, 2.24) is 25.8 Å². The number of H-pyrrole nitrogens is 1. The van der Waals surface area contributed by atoms with Crippen LogP contribution >= 0.6 is 24.0 Å². The molecule has 30 heavy (non-hydrogen) atoms. The molecule has 2 aromatic heterocycles. The van der Waals surface area contributed by atoms with E-state index in [1.807, 2.05) is 0 Å². The summed E-state index contributed by atoms with van der Waals surface area (Å²) in [5.74, 6) is 2.20. The van der Waals surface area contributed by atoms with Crippen LogP contribution in [0.25, 0.3) is 11.6 Å². The van der Waals surface area contributed by atoms with Crippen LogP contribution in [0.2, 0.25) is 0 Å². The Balaban J connectivity index is 0.00000320. The molecule has 0 aliphatic rings. The van der Waals surface area contributed by atoms with Gasteiger partial charge in [-0.3, -0.25) is 10.1 Å². The summed E-state index contributed by atoms with van der Waals surface area (Å²) >= 11 is 0. The first-order chi connectivity index (χ1) is 13.9. The van der Waals surface area contributed by atoms with Gasteiger partial charge in [0, 0.05) is 20.0 Å². The summed E-state index contributed by atoms with van der Waals surface area (Å²) in [6.45, 7) is 2.27. The van der Waals surface area contributed by atoms with Gasteiger partial charge in [0.2, 0.25) is 5.82 Å². The van der Waals surface area contributed by atoms with E-state index in [4.69, 9.17) is 4.42 Å². The molecule has 0 saturated heterocycles. The number of halogens is 4. The van der Waals surface area contributed by atoms with Gasteiger partial charge >= 0.3 is 6.18 Å². The Bertz CT molecular complexity index is 955. The fraction of sp³-hybridized carbons (Fsp3) is 0.316. The molecule has 1 aromatic carbocycles. The van der Waals surface area contributed by atoms with Gasteiger partial charge in [0.15, 0.2) is 11.7 Å². The predicted molar refractivity (Wildman–Crippen MR) is 118 cm³/mol. The molecule has 11 heteroatoms. The molecule has 0 aliphatic heterocycles. The second-order valence-corrected chi connectivity index (χ2v) is 6.32. The minimum Gasteiger partial charge on any atom is -0.461 e. The molecule has 0 amide bonds. The van der Waals surface area contributed by atoms with Gasteiger partial charge in [0.1, 0.15) is 5.82 Å². The molecule has 3 rings (SSSR count). The number of aromatic nitrogens is 3. The maximum absolute atomic E-state index is 12.9. The van der Waals surface area contributed by atoms with Gasteiger partial charge in [-0.2, -0.15) is 18.3 Å². The molecule has 0 radical (unpaired) electrons. The molecule has 0 saturated carbocycles. The third kappa shape index (κ3) is 6.21. The molecular weight excluding hydrogens is 512 g/mol. The second kappa shape index (κ2) is 10.5. The SMILES string of the molecule is CN=C(NCCc1nc(-c2ccco2)n[nH]1)NC(C)c1cccc(C(F)(F)F)c1.I. The lowest BCUT2D eigenvalue weighted by Crippen LogP contribution is -2.39. The fourth-order valence-electron chi connectivity index (χ4n) is 2.69. The number of hydrogen-bond acceptors (Lipinski definition) is 4. The lowest BCUT2D eigenvalue weighted by atomic mass is 10.1. The van der Waals surface area contributed by atoms with Gasteiger partial charge in [0.05, 0.1) is 17.9 Å². The van der Waals surface area contributed by atoms with E-state index in [0.29, 0.717) is 41.9 Å². The first-order valence-corrected chi connectivity index (χ1v) is 8.96. The lowest BCUT2D eigenvalue weighted by Gasteiger charge is -2.19. The van der Waals surface area contributed by atoms with Gasteiger partial charge < -0.3 is 15.1 Å². The zero-order valence-corrected chi connectivity index (χ0v) is 18.7. The first kappa shape index (κ1) is 23.7. The van der Waals surface area contributed by atoms with Crippen molar-refractivity contribution in [1.29, 1.82) is 0 Å². The van der Waals surface area contributed by atoms with E-state index in [-0.39, 0.29) is 30.0 Å². The number of guanidine groups is 1. The summed E-state index contributed by atoms with van der Waals surface area (Å²) in [5, 5.41) is 13.1. The maximum atomic E-state index is 12.9. The molecule has 7 nitrogen and oxygen atoms in total. The van der Waals surface area contributed by atoms with Crippen molar-refractivity contribution in [2.45, 2.75) is 25.6 Å². The predicted octanol–water partition coefficient (Wildman–Crippen LogP) is 4.17. The summed E-state index contributed by atoms with van der Waals surface area (Å²) in [4.78, 5) is 8.46. The third-order valence-corrected chi connectivity index (χ3v) is 4.22. The molecule has 0 fully saturated rings. The third-order valence-electron chi connectivity index (χ3n) is 4.22. The van der Waals surface area contributed by atoms with Crippen molar-refractivity contribution in [3.8, 4) is 11.6 Å². The zero-order valence-electron chi connectivity index (χ0n) is 16.3. The Morgan fingerprint density at radius 2 is 2.07 bits per heavy atom. The summed E-state index contributed by atoms with van der Waals surface area (Å²) in [6, 6.07) is 8.39. The summed E-state index contributed by atoms with van der Waals surface area (Å²) in [6.07, 6.45) is -2.28. The van der Waals surface area contributed by atoms with Crippen LogP contribution in [0.1, 0.15) is 29.9 Å². The van der Waals surface area contributed by atoms with Crippen LogP contribution in [0, 0.1) is 0 Å². The van der Waals surface area contributed by atoms with Crippen LogP contribution in [0.3, 0.4) is 0 Å². The van der Waals surface area contributed by atoms with Crippen LogP contribution in [0.5, 0.6) is 0 Å². The highest BCUT2D eigenvalue weighted by atomic mass is 127. The monoisotopic (exact) mass is 534 g/mol. The lowest BCUT2D eigenvalue weighted by molar-refractivity contribution is -0.137. The Labute approximate surface area is 188 Å². The molecule has 0 aliphatic carbocycles. The van der Waals surface area contributed by atoms with Crippen molar-refractivity contribution < 1.29 is 17.6 Å². The molecule has 3 N–H and O–H groups in total. The van der Waals surface area contributed by atoms with Gasteiger partial charge in [-0.25, -0.2) is 4.98 Å². The molecule has 0 bridgehead atoms. The van der Waals surface area contributed by atoms with Crippen molar-refractivity contribution in [3.05, 3.63) is 59.6 Å². The second-order valence-electron chi connectivity index (χ2n) is 6.32. The van der Waals surface area contributed by atoms with E-state index >= 15 is 0 Å². The number of nitrogens with zero attached hydrogens (tertiary/aromatic N) is 3. The Morgan fingerprint density at radius 3 is 2.73 bits per heavy atom. The molecule has 162 valence electrons. The average molecular weight is 534 g/mol. The largest absolute Gasteiger partial charge is 0.461 e. The summed E-state index contributed by atoms with van der Waals surface area (Å²) in [7, 11) is 1.59. The minimum atomic E-state index is -4.37. The standard InChI is InChI=1S/C19H21F3N6O.HI/c1-12(13-5-3-6-14(11-13)19(20,21)22)25-18(23-2)24-9-8-16-26-17(28-27-16)15-7-4-10-29-15;/h3-7,10-12H,8-9H2,1-2H3,(H2,23,24,25)(H,26,27,28);1H. The number of furan rings is 1. The normalized spacial score (nSPS) is 12.9. The minimum absolute atomic E-state index is 0. The Morgan fingerprint density at radius 1 is 1.27 bits per heavy atom. The molecule has 1 unspecified atom stereocenters. The average Bonchev–Trinajstić information content (AvgIpc) is 3.38. The number of aliphatic imine (C=N–C) groups is 1. The molecule has 1 atom stereocenters. The number of nitrogens with one attached hydrogen (secondary N) is 3. The Kier molecular flexibility index (Phi) is 8.26. The van der Waals surface area contributed by atoms with Crippen molar-refractivity contribution in [2.75, 3.05) is 13.6 Å². The number of hydrogen-bond donors (Lipinski definition) is 3. The van der Waals surface area contributed by atoms with Gasteiger partial charge in [-0.15, -0.1) is 24.0 Å². The van der Waals surface area contributed by atoms with Gasteiger partial charge in [-0.05, 0) is 36.8 Å². The van der Waals surface area contributed by atoms with Crippen LogP contribution in [0.4, 0.5) is 13.2 Å². The topological polar surface area (TPSA) is 91.1 Å². The van der Waals surface area contributed by atoms with E-state index in [1.54, 1.807) is 38.4 Å². The van der Waals surface area contributed by atoms with E-state index in [2.05, 4.69) is 30.8 Å². The van der Waals surface area contributed by atoms with E-state index < -0.39 is 11.7 Å². The number of alkyl halides is 3. The molecule has 3 aromatic rings. The van der Waals surface area contributed by atoms with Gasteiger partial charge in [-0.1, -0.05) is 12.1 Å². The molecule has 0 spiro atoms. The van der Waals surface area contributed by atoms with Crippen molar-refractivity contribution in [2.24, 2.45) is 4.99 Å². The molecular formula is C19H22F3IN6O. The van der Waals surface area contributed by atoms with E-state index in [9.17, 15) is 13.2 Å².